The van der Waals surface area contributed by atoms with Crippen molar-refractivity contribution in [2.45, 2.75) is 19.7 Å². The van der Waals surface area contributed by atoms with Crippen LogP contribution < -0.4 is 15.0 Å². The van der Waals surface area contributed by atoms with Crippen molar-refractivity contribution in [3.63, 3.8) is 0 Å². The summed E-state index contributed by atoms with van der Waals surface area (Å²) in [7, 11) is 0. The van der Waals surface area contributed by atoms with Crippen LogP contribution >= 0.6 is 23.2 Å². The Morgan fingerprint density at radius 2 is 1.71 bits per heavy atom. The number of alkyl halides is 3. The summed E-state index contributed by atoms with van der Waals surface area (Å²) in [6.07, 6.45) is -3.22. The minimum atomic E-state index is -4.58. The third-order valence-corrected chi connectivity index (χ3v) is 6.69. The molecule has 0 aliphatic carbocycles. The van der Waals surface area contributed by atoms with E-state index in [0.29, 0.717) is 34.2 Å². The first kappa shape index (κ1) is 29.2. The summed E-state index contributed by atoms with van der Waals surface area (Å²) < 4.78 is 53.1. The number of hydrogen-bond donors (Lipinski definition) is 0. The average molecular weight is 612 g/mol. The van der Waals surface area contributed by atoms with E-state index in [2.05, 4.69) is 10.1 Å². The van der Waals surface area contributed by atoms with E-state index in [1.54, 1.807) is 55.5 Å². The number of aromatic nitrogens is 2. The van der Waals surface area contributed by atoms with Crippen molar-refractivity contribution in [3.05, 3.63) is 122 Å². The molecular formula is C31H22Cl2F3N3O3. The van der Waals surface area contributed by atoms with Gasteiger partial charge in [-0.25, -0.2) is 4.98 Å². The van der Waals surface area contributed by atoms with Crippen LogP contribution in [0.5, 0.6) is 11.5 Å². The predicted molar refractivity (Wildman–Crippen MR) is 158 cm³/mol. The van der Waals surface area contributed by atoms with Gasteiger partial charge in [0, 0.05) is 10.6 Å². The molecule has 0 radical (unpaired) electrons. The van der Waals surface area contributed by atoms with Gasteiger partial charge in [0.05, 0.1) is 34.3 Å². The average Bonchev–Trinajstić information content (AvgIpc) is 2.97. The predicted octanol–water partition coefficient (Wildman–Crippen LogP) is 8.25. The fraction of sp³-hybridized carbons (Fsp3) is 0.129. The van der Waals surface area contributed by atoms with Crippen LogP contribution in [0, 0.1) is 0 Å². The van der Waals surface area contributed by atoms with E-state index in [4.69, 9.17) is 32.7 Å². The molecule has 1 heterocycles. The molecule has 0 unspecified atom stereocenters. The Labute approximate surface area is 248 Å². The molecule has 5 rings (SSSR count). The van der Waals surface area contributed by atoms with Gasteiger partial charge in [-0.1, -0.05) is 59.6 Å². The molecular weight excluding hydrogens is 590 g/mol. The topological polar surface area (TPSA) is 65.7 Å². The highest BCUT2D eigenvalue weighted by Gasteiger charge is 2.31. The number of rotatable bonds is 8. The second-order valence-corrected chi connectivity index (χ2v) is 9.91. The first-order chi connectivity index (χ1) is 20.1. The molecule has 0 spiro atoms. The van der Waals surface area contributed by atoms with Crippen LogP contribution in [0.4, 0.5) is 13.2 Å². The van der Waals surface area contributed by atoms with Gasteiger partial charge < -0.3 is 9.47 Å². The number of benzene rings is 4. The van der Waals surface area contributed by atoms with Gasteiger partial charge in [0.25, 0.3) is 5.56 Å². The van der Waals surface area contributed by atoms with E-state index in [0.717, 1.165) is 22.4 Å². The standard InChI is InChI=1S/C31H22Cl2F3N3O3/c1-2-41-27-15-20(14-25(33)28(27)42-18-19-10-12-23(32)13-11-19)17-37-39-29(21-6-5-7-22(16-21)31(34,35)36)38-26-9-4-3-8-24(26)30(39)40/h3-17H,2,18H2,1H3. The Balaban J connectivity index is 1.55. The van der Waals surface area contributed by atoms with E-state index in [-0.39, 0.29) is 28.4 Å². The first-order valence-electron chi connectivity index (χ1n) is 12.7. The van der Waals surface area contributed by atoms with Crippen molar-refractivity contribution in [3.8, 4) is 22.9 Å². The maximum atomic E-state index is 13.5. The summed E-state index contributed by atoms with van der Waals surface area (Å²) in [6.45, 7) is 2.34. The summed E-state index contributed by atoms with van der Waals surface area (Å²) in [5.74, 6) is 0.613. The Kier molecular flexibility index (Phi) is 8.51. The highest BCUT2D eigenvalue weighted by Crippen LogP contribution is 2.37. The molecule has 1 aromatic heterocycles. The molecule has 5 aromatic rings. The van der Waals surface area contributed by atoms with Crippen LogP contribution in [0.1, 0.15) is 23.6 Å². The number of ether oxygens (including phenoxy) is 2. The molecule has 42 heavy (non-hydrogen) atoms. The van der Waals surface area contributed by atoms with E-state index in [9.17, 15) is 18.0 Å². The zero-order valence-electron chi connectivity index (χ0n) is 22.0. The zero-order valence-corrected chi connectivity index (χ0v) is 23.5. The molecule has 0 aliphatic rings. The molecule has 4 aromatic carbocycles. The summed E-state index contributed by atoms with van der Waals surface area (Å²) >= 11 is 12.5. The highest BCUT2D eigenvalue weighted by molar-refractivity contribution is 6.32. The second-order valence-electron chi connectivity index (χ2n) is 9.07. The monoisotopic (exact) mass is 611 g/mol. The summed E-state index contributed by atoms with van der Waals surface area (Å²) in [4.78, 5) is 17.9. The molecule has 214 valence electrons. The quantitative estimate of drug-likeness (QED) is 0.166. The lowest BCUT2D eigenvalue weighted by Gasteiger charge is -2.15. The first-order valence-corrected chi connectivity index (χ1v) is 13.5. The molecule has 0 saturated heterocycles. The third kappa shape index (κ3) is 6.42. The van der Waals surface area contributed by atoms with E-state index in [1.165, 1.54) is 18.3 Å². The van der Waals surface area contributed by atoms with Crippen molar-refractivity contribution < 1.29 is 22.6 Å². The number of halogens is 5. The van der Waals surface area contributed by atoms with Crippen molar-refractivity contribution in [2.24, 2.45) is 5.10 Å². The molecule has 0 bridgehead atoms. The lowest BCUT2D eigenvalue weighted by molar-refractivity contribution is -0.137. The minimum Gasteiger partial charge on any atom is -0.490 e. The Morgan fingerprint density at radius 1 is 0.952 bits per heavy atom. The number of hydrogen-bond acceptors (Lipinski definition) is 5. The number of nitrogens with zero attached hydrogens (tertiary/aromatic N) is 3. The van der Waals surface area contributed by atoms with Crippen LogP contribution in [0.15, 0.2) is 94.8 Å². The number of fused-ring (bicyclic) bond motifs is 1. The zero-order chi connectivity index (χ0) is 29.9. The smallest absolute Gasteiger partial charge is 0.416 e. The van der Waals surface area contributed by atoms with Crippen molar-refractivity contribution in [2.75, 3.05) is 6.61 Å². The van der Waals surface area contributed by atoms with E-state index < -0.39 is 17.3 Å². The number of para-hydroxylation sites is 1. The van der Waals surface area contributed by atoms with Gasteiger partial charge >= 0.3 is 6.18 Å². The summed E-state index contributed by atoms with van der Waals surface area (Å²) in [5, 5.41) is 5.43. The largest absolute Gasteiger partial charge is 0.490 e. The van der Waals surface area contributed by atoms with Gasteiger partial charge in [-0.15, -0.1) is 0 Å². The molecule has 0 aliphatic heterocycles. The van der Waals surface area contributed by atoms with Crippen LogP contribution in [0.3, 0.4) is 0 Å². The Morgan fingerprint density at radius 3 is 2.45 bits per heavy atom. The summed E-state index contributed by atoms with van der Waals surface area (Å²) in [6, 6.07) is 21.5. The van der Waals surface area contributed by atoms with Crippen LogP contribution in [-0.2, 0) is 12.8 Å². The van der Waals surface area contributed by atoms with Gasteiger partial charge in [0.2, 0.25) is 0 Å². The van der Waals surface area contributed by atoms with Crippen LogP contribution in [-0.4, -0.2) is 22.5 Å². The third-order valence-electron chi connectivity index (χ3n) is 6.15. The molecule has 0 amide bonds. The molecule has 0 atom stereocenters. The Bertz CT molecular complexity index is 1840. The summed E-state index contributed by atoms with van der Waals surface area (Å²) in [5.41, 5.74) is 0.295. The van der Waals surface area contributed by atoms with Gasteiger partial charge in [-0.05, 0) is 66.6 Å². The maximum Gasteiger partial charge on any atom is 0.416 e. The highest BCUT2D eigenvalue weighted by atomic mass is 35.5. The molecule has 0 saturated carbocycles. The molecule has 0 fully saturated rings. The van der Waals surface area contributed by atoms with Crippen molar-refractivity contribution in [1.29, 1.82) is 0 Å². The maximum absolute atomic E-state index is 13.5. The lowest BCUT2D eigenvalue weighted by Crippen LogP contribution is -2.20. The fourth-order valence-electron chi connectivity index (χ4n) is 4.18. The van der Waals surface area contributed by atoms with Gasteiger partial charge in [-0.3, -0.25) is 4.79 Å². The van der Waals surface area contributed by atoms with Crippen molar-refractivity contribution in [1.82, 2.24) is 9.66 Å². The van der Waals surface area contributed by atoms with E-state index >= 15 is 0 Å². The van der Waals surface area contributed by atoms with Gasteiger partial charge in [0.15, 0.2) is 17.3 Å². The molecule has 6 nitrogen and oxygen atoms in total. The SMILES string of the molecule is CCOc1cc(C=Nn2c(-c3cccc(C(F)(F)F)c3)nc3ccccc3c2=O)cc(Cl)c1OCc1ccc(Cl)cc1. The lowest BCUT2D eigenvalue weighted by atomic mass is 10.1. The fourth-order valence-corrected chi connectivity index (χ4v) is 4.58. The van der Waals surface area contributed by atoms with E-state index in [1.807, 2.05) is 12.1 Å². The minimum absolute atomic E-state index is 0.0555. The van der Waals surface area contributed by atoms with Crippen LogP contribution in [0.25, 0.3) is 22.3 Å². The molecule has 11 heteroatoms. The Hall–Kier alpha value is -4.34. The normalized spacial score (nSPS) is 11.8. The van der Waals surface area contributed by atoms with Crippen LogP contribution in [0.2, 0.25) is 10.0 Å². The van der Waals surface area contributed by atoms with Gasteiger partial charge in [-0.2, -0.15) is 22.9 Å². The van der Waals surface area contributed by atoms with Crippen molar-refractivity contribution >= 4 is 40.3 Å². The molecule has 0 N–H and O–H groups in total. The van der Waals surface area contributed by atoms with Gasteiger partial charge in [0.1, 0.15) is 6.61 Å². The second kappa shape index (κ2) is 12.3.